The minimum absolute atomic E-state index is 0.0815. The number of hydrogen-bond donors (Lipinski definition) is 0. The molecule has 0 unspecified atom stereocenters. The molecule has 1 fully saturated rings. The Balaban J connectivity index is 1.94. The number of amides is 1. The minimum Gasteiger partial charge on any atom is -0.378 e. The fraction of sp³-hybridized carbons (Fsp3) is 0.286. The van der Waals surface area contributed by atoms with Crippen molar-refractivity contribution in [3.8, 4) is 0 Å². The number of morpholine rings is 1. The number of para-hydroxylation sites is 1. The summed E-state index contributed by atoms with van der Waals surface area (Å²) in [6.07, 6.45) is 1.43. The van der Waals surface area contributed by atoms with Crippen LogP contribution in [0.4, 0.5) is 4.39 Å². The molecule has 1 aliphatic heterocycles. The third kappa shape index (κ3) is 2.29. The van der Waals surface area contributed by atoms with E-state index < -0.39 is 0 Å². The molecule has 0 radical (unpaired) electrons. The van der Waals surface area contributed by atoms with Gasteiger partial charge in [0.1, 0.15) is 11.3 Å². The summed E-state index contributed by atoms with van der Waals surface area (Å²) < 4.78 is 18.7. The van der Waals surface area contributed by atoms with E-state index in [1.165, 1.54) is 12.3 Å². The lowest BCUT2D eigenvalue weighted by Crippen LogP contribution is -2.40. The van der Waals surface area contributed by atoms with E-state index in [4.69, 9.17) is 4.74 Å². The number of rotatable bonds is 1. The molecule has 0 atom stereocenters. The summed E-state index contributed by atoms with van der Waals surface area (Å²) in [6.45, 7) is 2.28. The normalized spacial score (nSPS) is 15.7. The van der Waals surface area contributed by atoms with E-state index >= 15 is 0 Å². The fourth-order valence-electron chi connectivity index (χ4n) is 2.19. The number of benzene rings is 1. The highest BCUT2D eigenvalue weighted by Crippen LogP contribution is 2.17. The van der Waals surface area contributed by atoms with Gasteiger partial charge in [-0.1, -0.05) is 12.1 Å². The summed E-state index contributed by atoms with van der Waals surface area (Å²) >= 11 is 0. The van der Waals surface area contributed by atoms with Gasteiger partial charge in [-0.3, -0.25) is 9.78 Å². The standard InChI is InChI=1S/C14H13FN2O2/c15-12-3-1-2-10-8-11(9-16-13(10)12)14(18)17-4-6-19-7-5-17/h1-3,8-9H,4-7H2. The van der Waals surface area contributed by atoms with Gasteiger partial charge in [0.05, 0.1) is 18.8 Å². The number of ether oxygens (including phenoxy) is 1. The molecule has 3 rings (SSSR count). The maximum Gasteiger partial charge on any atom is 0.255 e. The lowest BCUT2D eigenvalue weighted by atomic mass is 10.1. The van der Waals surface area contributed by atoms with Crippen molar-refractivity contribution < 1.29 is 13.9 Å². The van der Waals surface area contributed by atoms with Gasteiger partial charge in [0.2, 0.25) is 0 Å². The van der Waals surface area contributed by atoms with Gasteiger partial charge in [-0.25, -0.2) is 4.39 Å². The van der Waals surface area contributed by atoms with E-state index in [9.17, 15) is 9.18 Å². The van der Waals surface area contributed by atoms with Crippen LogP contribution in [-0.2, 0) is 4.74 Å². The molecule has 19 heavy (non-hydrogen) atoms. The molecule has 2 aromatic rings. The quantitative estimate of drug-likeness (QED) is 0.785. The molecule has 1 aromatic heterocycles. The van der Waals surface area contributed by atoms with Crippen molar-refractivity contribution in [2.45, 2.75) is 0 Å². The number of pyridine rings is 1. The SMILES string of the molecule is O=C(c1cnc2c(F)cccc2c1)N1CCOCC1. The Hall–Kier alpha value is -2.01. The first-order chi connectivity index (χ1) is 9.25. The Bertz CT molecular complexity index is 624. The third-order valence-corrected chi connectivity index (χ3v) is 3.21. The summed E-state index contributed by atoms with van der Waals surface area (Å²) in [5.41, 5.74) is 0.779. The third-order valence-electron chi connectivity index (χ3n) is 3.21. The van der Waals surface area contributed by atoms with Crippen molar-refractivity contribution in [2.24, 2.45) is 0 Å². The largest absolute Gasteiger partial charge is 0.378 e. The van der Waals surface area contributed by atoms with Crippen LogP contribution in [0.15, 0.2) is 30.5 Å². The zero-order valence-electron chi connectivity index (χ0n) is 10.3. The van der Waals surface area contributed by atoms with Crippen molar-refractivity contribution in [3.05, 3.63) is 41.8 Å². The number of aromatic nitrogens is 1. The van der Waals surface area contributed by atoms with Gasteiger partial charge < -0.3 is 9.64 Å². The summed E-state index contributed by atoms with van der Waals surface area (Å²) in [6, 6.07) is 6.41. The lowest BCUT2D eigenvalue weighted by molar-refractivity contribution is 0.0302. The molecule has 0 N–H and O–H groups in total. The van der Waals surface area contributed by atoms with Crippen LogP contribution in [0.1, 0.15) is 10.4 Å². The first-order valence-electron chi connectivity index (χ1n) is 6.17. The average molecular weight is 260 g/mol. The number of carbonyl (C=O) groups excluding carboxylic acids is 1. The van der Waals surface area contributed by atoms with Gasteiger partial charge >= 0.3 is 0 Å². The highest BCUT2D eigenvalue weighted by molar-refractivity contribution is 5.97. The minimum atomic E-state index is -0.372. The Morgan fingerprint density at radius 1 is 1.32 bits per heavy atom. The Labute approximate surface area is 109 Å². The Morgan fingerprint density at radius 2 is 2.11 bits per heavy atom. The summed E-state index contributed by atoms with van der Waals surface area (Å²) in [7, 11) is 0. The lowest BCUT2D eigenvalue weighted by Gasteiger charge is -2.26. The van der Waals surface area contributed by atoms with E-state index in [2.05, 4.69) is 4.98 Å². The number of nitrogens with zero attached hydrogens (tertiary/aromatic N) is 2. The second-order valence-corrected chi connectivity index (χ2v) is 4.44. The van der Waals surface area contributed by atoms with Crippen molar-refractivity contribution in [1.82, 2.24) is 9.88 Å². The molecule has 0 spiro atoms. The van der Waals surface area contributed by atoms with Crippen LogP contribution in [0.3, 0.4) is 0 Å². The second-order valence-electron chi connectivity index (χ2n) is 4.44. The van der Waals surface area contributed by atoms with Gasteiger partial charge in [0, 0.05) is 24.7 Å². The van der Waals surface area contributed by atoms with Gasteiger partial charge in [0.25, 0.3) is 5.91 Å². The molecule has 1 aliphatic rings. The number of carbonyl (C=O) groups is 1. The van der Waals surface area contributed by atoms with Gasteiger partial charge in [-0.2, -0.15) is 0 Å². The van der Waals surface area contributed by atoms with E-state index in [1.807, 2.05) is 0 Å². The van der Waals surface area contributed by atoms with E-state index in [1.54, 1.807) is 23.1 Å². The highest BCUT2D eigenvalue weighted by Gasteiger charge is 2.19. The van der Waals surface area contributed by atoms with Crippen LogP contribution in [0.25, 0.3) is 10.9 Å². The molecular formula is C14H13FN2O2. The molecule has 0 aliphatic carbocycles. The maximum atomic E-state index is 13.5. The van der Waals surface area contributed by atoms with Crippen LogP contribution in [-0.4, -0.2) is 42.1 Å². The molecular weight excluding hydrogens is 247 g/mol. The zero-order valence-corrected chi connectivity index (χ0v) is 10.3. The average Bonchev–Trinajstić information content (AvgIpc) is 2.47. The second kappa shape index (κ2) is 4.93. The fourth-order valence-corrected chi connectivity index (χ4v) is 2.19. The molecule has 1 amide bonds. The van der Waals surface area contributed by atoms with Gasteiger partial charge in [-0.05, 0) is 12.1 Å². The number of halogens is 1. The van der Waals surface area contributed by atoms with Gasteiger partial charge in [0.15, 0.2) is 0 Å². The zero-order chi connectivity index (χ0) is 13.2. The molecule has 98 valence electrons. The smallest absolute Gasteiger partial charge is 0.255 e. The predicted octanol–water partition coefficient (Wildman–Crippen LogP) is 1.85. The Kier molecular flexibility index (Phi) is 3.13. The molecule has 5 heteroatoms. The molecule has 1 aromatic carbocycles. The van der Waals surface area contributed by atoms with Crippen LogP contribution in [0.5, 0.6) is 0 Å². The summed E-state index contributed by atoms with van der Waals surface area (Å²) in [5, 5.41) is 0.638. The molecule has 0 saturated carbocycles. The van der Waals surface area contributed by atoms with Crippen LogP contribution in [0.2, 0.25) is 0 Å². The van der Waals surface area contributed by atoms with Crippen molar-refractivity contribution in [1.29, 1.82) is 0 Å². The van der Waals surface area contributed by atoms with Crippen LogP contribution < -0.4 is 0 Å². The molecule has 1 saturated heterocycles. The summed E-state index contributed by atoms with van der Waals surface area (Å²) in [4.78, 5) is 18.0. The van der Waals surface area contributed by atoms with Crippen LogP contribution in [0, 0.1) is 5.82 Å². The molecule has 4 nitrogen and oxygen atoms in total. The van der Waals surface area contributed by atoms with E-state index in [0.29, 0.717) is 42.8 Å². The summed E-state index contributed by atoms with van der Waals surface area (Å²) in [5.74, 6) is -0.454. The maximum absolute atomic E-state index is 13.5. The highest BCUT2D eigenvalue weighted by atomic mass is 19.1. The number of fused-ring (bicyclic) bond motifs is 1. The molecule has 2 heterocycles. The van der Waals surface area contributed by atoms with E-state index in [0.717, 1.165) is 0 Å². The monoisotopic (exact) mass is 260 g/mol. The van der Waals surface area contributed by atoms with Crippen molar-refractivity contribution >= 4 is 16.8 Å². The van der Waals surface area contributed by atoms with Crippen molar-refractivity contribution in [2.75, 3.05) is 26.3 Å². The first kappa shape index (κ1) is 12.0. The van der Waals surface area contributed by atoms with E-state index in [-0.39, 0.29) is 11.7 Å². The van der Waals surface area contributed by atoms with Crippen LogP contribution >= 0.6 is 0 Å². The van der Waals surface area contributed by atoms with Gasteiger partial charge in [-0.15, -0.1) is 0 Å². The topological polar surface area (TPSA) is 42.4 Å². The Morgan fingerprint density at radius 3 is 2.89 bits per heavy atom. The number of hydrogen-bond acceptors (Lipinski definition) is 3. The van der Waals surface area contributed by atoms with Crippen molar-refractivity contribution in [3.63, 3.8) is 0 Å². The molecule has 0 bridgehead atoms. The predicted molar refractivity (Wildman–Crippen MR) is 68.4 cm³/mol. The first-order valence-corrected chi connectivity index (χ1v) is 6.17.